The molecule has 0 aliphatic carbocycles. The van der Waals surface area contributed by atoms with E-state index in [1.807, 2.05) is 35.7 Å². The first-order valence-corrected chi connectivity index (χ1v) is 7.38. The molecule has 0 saturated heterocycles. The van der Waals surface area contributed by atoms with Crippen molar-refractivity contribution in [3.05, 3.63) is 30.6 Å². The van der Waals surface area contributed by atoms with E-state index in [-0.39, 0.29) is 11.8 Å². The fraction of sp³-hybridized carbons (Fsp3) is 0.364. The summed E-state index contributed by atoms with van der Waals surface area (Å²) in [7, 11) is -2.97. The van der Waals surface area contributed by atoms with Gasteiger partial charge in [0.15, 0.2) is 0 Å². The molecule has 0 amide bonds. The number of hydrogen-bond donors (Lipinski definition) is 1. The summed E-state index contributed by atoms with van der Waals surface area (Å²) < 4.78 is 24.3. The fourth-order valence-electron chi connectivity index (χ4n) is 1.81. The van der Waals surface area contributed by atoms with Gasteiger partial charge in [-0.05, 0) is 19.1 Å². The van der Waals surface area contributed by atoms with Crippen molar-refractivity contribution in [3.8, 4) is 0 Å². The van der Waals surface area contributed by atoms with Crippen molar-refractivity contribution < 1.29 is 8.42 Å². The van der Waals surface area contributed by atoms with Crippen LogP contribution in [0.25, 0.3) is 5.65 Å². The molecule has 0 saturated carbocycles. The van der Waals surface area contributed by atoms with Crippen LogP contribution in [0.5, 0.6) is 0 Å². The summed E-state index contributed by atoms with van der Waals surface area (Å²) in [4.78, 5) is 4.17. The highest BCUT2D eigenvalue weighted by Gasteiger charge is 2.11. The van der Waals surface area contributed by atoms with Gasteiger partial charge >= 0.3 is 0 Å². The predicted octanol–water partition coefficient (Wildman–Crippen LogP) is 1.18. The van der Waals surface area contributed by atoms with E-state index in [1.54, 1.807) is 6.20 Å². The van der Waals surface area contributed by atoms with Gasteiger partial charge in [0, 0.05) is 24.7 Å². The molecule has 92 valence electrons. The molecule has 2 aromatic rings. The van der Waals surface area contributed by atoms with Gasteiger partial charge in [-0.2, -0.15) is 0 Å². The van der Waals surface area contributed by atoms with Gasteiger partial charge in [-0.25, -0.2) is 13.4 Å². The molecule has 1 atom stereocenters. The molecule has 2 rings (SSSR count). The molecule has 6 heteroatoms. The number of anilines is 1. The van der Waals surface area contributed by atoms with Gasteiger partial charge in [0.25, 0.3) is 0 Å². The number of fused-ring (bicyclic) bond motifs is 1. The maximum absolute atomic E-state index is 11.2. The highest BCUT2D eigenvalue weighted by atomic mass is 32.2. The molecular formula is C11H15N3O2S. The smallest absolute Gasteiger partial charge is 0.149 e. The van der Waals surface area contributed by atoms with Crippen LogP contribution >= 0.6 is 0 Å². The molecule has 0 radical (unpaired) electrons. The molecule has 0 aromatic carbocycles. The van der Waals surface area contributed by atoms with Crippen molar-refractivity contribution in [2.45, 2.75) is 13.0 Å². The minimum Gasteiger partial charge on any atom is -0.368 e. The van der Waals surface area contributed by atoms with Crippen molar-refractivity contribution in [1.82, 2.24) is 9.38 Å². The van der Waals surface area contributed by atoms with E-state index in [2.05, 4.69) is 10.3 Å². The zero-order valence-corrected chi connectivity index (χ0v) is 10.6. The number of rotatable bonds is 4. The average Bonchev–Trinajstić information content (AvgIpc) is 2.63. The summed E-state index contributed by atoms with van der Waals surface area (Å²) in [6, 6.07) is 5.54. The average molecular weight is 253 g/mol. The lowest BCUT2D eigenvalue weighted by atomic mass is 10.3. The van der Waals surface area contributed by atoms with Crippen LogP contribution in [0.3, 0.4) is 0 Å². The SMILES string of the molecule is CC(CS(C)(=O)=O)Nc1cccc2nccn12. The molecule has 2 aromatic heterocycles. The second kappa shape index (κ2) is 4.37. The maximum atomic E-state index is 11.2. The number of imidazole rings is 1. The van der Waals surface area contributed by atoms with E-state index in [0.29, 0.717) is 0 Å². The second-order valence-electron chi connectivity index (χ2n) is 4.20. The quantitative estimate of drug-likeness (QED) is 0.888. The van der Waals surface area contributed by atoms with Crippen LogP contribution in [0.2, 0.25) is 0 Å². The van der Waals surface area contributed by atoms with Crippen LogP contribution in [-0.2, 0) is 9.84 Å². The van der Waals surface area contributed by atoms with Crippen molar-refractivity contribution in [2.24, 2.45) is 0 Å². The zero-order chi connectivity index (χ0) is 12.5. The maximum Gasteiger partial charge on any atom is 0.149 e. The summed E-state index contributed by atoms with van der Waals surface area (Å²) in [6.07, 6.45) is 4.79. The standard InChI is InChI=1S/C11H15N3O2S/c1-9(8-17(2,15)16)13-11-5-3-4-10-12-6-7-14(10)11/h3-7,9,13H,8H2,1-2H3. The Kier molecular flexibility index (Phi) is 3.06. The molecule has 0 aliphatic rings. The molecule has 0 fully saturated rings. The monoisotopic (exact) mass is 253 g/mol. The number of sulfone groups is 1. The van der Waals surface area contributed by atoms with Crippen LogP contribution in [-0.4, -0.2) is 35.9 Å². The van der Waals surface area contributed by atoms with Gasteiger partial charge in [-0.15, -0.1) is 0 Å². The van der Waals surface area contributed by atoms with Crippen LogP contribution in [0.1, 0.15) is 6.92 Å². The van der Waals surface area contributed by atoms with Crippen LogP contribution in [0.15, 0.2) is 30.6 Å². The Labute approximate surface area is 100 Å². The molecule has 0 spiro atoms. The lowest BCUT2D eigenvalue weighted by molar-refractivity contribution is 0.598. The lowest BCUT2D eigenvalue weighted by Gasteiger charge is -2.15. The van der Waals surface area contributed by atoms with Gasteiger partial charge in [-0.1, -0.05) is 6.07 Å². The molecule has 0 bridgehead atoms. The van der Waals surface area contributed by atoms with E-state index in [0.717, 1.165) is 11.5 Å². The molecular weight excluding hydrogens is 238 g/mol. The Bertz CT molecular complexity index is 618. The minimum atomic E-state index is -2.97. The number of nitrogens with zero attached hydrogens (tertiary/aromatic N) is 2. The van der Waals surface area contributed by atoms with Crippen LogP contribution in [0.4, 0.5) is 5.82 Å². The van der Waals surface area contributed by atoms with E-state index in [4.69, 9.17) is 0 Å². The zero-order valence-electron chi connectivity index (χ0n) is 9.79. The number of hydrogen-bond acceptors (Lipinski definition) is 4. The first-order chi connectivity index (χ1) is 7.96. The highest BCUT2D eigenvalue weighted by molar-refractivity contribution is 7.90. The third-order valence-corrected chi connectivity index (χ3v) is 3.48. The molecule has 5 nitrogen and oxygen atoms in total. The predicted molar refractivity (Wildman–Crippen MR) is 68.0 cm³/mol. The van der Waals surface area contributed by atoms with Gasteiger partial charge in [0.1, 0.15) is 21.3 Å². The number of nitrogens with one attached hydrogen (secondary N) is 1. The second-order valence-corrected chi connectivity index (χ2v) is 6.39. The Balaban J connectivity index is 2.21. The summed E-state index contributed by atoms with van der Waals surface area (Å²) in [5.74, 6) is 0.953. The lowest BCUT2D eigenvalue weighted by Crippen LogP contribution is -2.25. The third kappa shape index (κ3) is 2.97. The number of aromatic nitrogens is 2. The van der Waals surface area contributed by atoms with Crippen molar-refractivity contribution >= 4 is 21.3 Å². The van der Waals surface area contributed by atoms with E-state index in [1.165, 1.54) is 6.26 Å². The first-order valence-electron chi connectivity index (χ1n) is 5.32. The molecule has 1 unspecified atom stereocenters. The largest absolute Gasteiger partial charge is 0.368 e. The Hall–Kier alpha value is -1.56. The topological polar surface area (TPSA) is 63.5 Å². The van der Waals surface area contributed by atoms with Crippen molar-refractivity contribution in [2.75, 3.05) is 17.3 Å². The summed E-state index contributed by atoms with van der Waals surface area (Å²) >= 11 is 0. The summed E-state index contributed by atoms with van der Waals surface area (Å²) in [5.41, 5.74) is 0.835. The van der Waals surface area contributed by atoms with E-state index in [9.17, 15) is 8.42 Å². The van der Waals surface area contributed by atoms with Crippen LogP contribution < -0.4 is 5.32 Å². The number of pyridine rings is 1. The van der Waals surface area contributed by atoms with Gasteiger partial charge in [0.05, 0.1) is 5.75 Å². The minimum absolute atomic E-state index is 0.109. The normalized spacial score (nSPS) is 13.8. The van der Waals surface area contributed by atoms with Gasteiger partial charge in [0.2, 0.25) is 0 Å². The van der Waals surface area contributed by atoms with Crippen molar-refractivity contribution in [3.63, 3.8) is 0 Å². The van der Waals surface area contributed by atoms with E-state index < -0.39 is 9.84 Å². The fourth-order valence-corrected chi connectivity index (χ4v) is 2.81. The third-order valence-electron chi connectivity index (χ3n) is 2.38. The van der Waals surface area contributed by atoms with Crippen molar-refractivity contribution in [1.29, 1.82) is 0 Å². The van der Waals surface area contributed by atoms with Gasteiger partial charge in [-0.3, -0.25) is 4.40 Å². The molecule has 1 N–H and O–H groups in total. The highest BCUT2D eigenvalue weighted by Crippen LogP contribution is 2.12. The van der Waals surface area contributed by atoms with Crippen LogP contribution in [0, 0.1) is 0 Å². The van der Waals surface area contributed by atoms with Gasteiger partial charge < -0.3 is 5.32 Å². The molecule has 17 heavy (non-hydrogen) atoms. The molecule has 2 heterocycles. The molecule has 0 aliphatic heterocycles. The summed E-state index contributed by atoms with van der Waals surface area (Å²) in [5, 5.41) is 3.17. The first kappa shape index (κ1) is 11.9. The summed E-state index contributed by atoms with van der Waals surface area (Å²) in [6.45, 7) is 1.84. The Morgan fingerprint density at radius 2 is 2.24 bits per heavy atom. The Morgan fingerprint density at radius 3 is 2.94 bits per heavy atom. The Morgan fingerprint density at radius 1 is 1.47 bits per heavy atom. The van der Waals surface area contributed by atoms with E-state index >= 15 is 0 Å².